The zero-order valence-corrected chi connectivity index (χ0v) is 23.8. The van der Waals surface area contributed by atoms with Gasteiger partial charge in [-0.05, 0) is 61.4 Å². The molecule has 1 heterocycles. The Bertz CT molecular complexity index is 1500. The average Bonchev–Trinajstić information content (AvgIpc) is 3.36. The van der Waals surface area contributed by atoms with E-state index in [0.717, 1.165) is 22.5 Å². The molecule has 0 bridgehead atoms. The average molecular weight is 562 g/mol. The van der Waals surface area contributed by atoms with Gasteiger partial charge in [-0.3, -0.25) is 14.2 Å². The number of aromatic nitrogens is 3. The SMILES string of the molecule is COc1cc(C(=O)NCc2nnc(SCC(=O)Nc3cccc(C)c3)n2-c2cccc(C)c2)cc(OC)c1OC. The summed E-state index contributed by atoms with van der Waals surface area (Å²) in [5.41, 5.74) is 4.00. The van der Waals surface area contributed by atoms with Crippen LogP contribution in [0.1, 0.15) is 27.3 Å². The van der Waals surface area contributed by atoms with Crippen LogP contribution in [0, 0.1) is 13.8 Å². The molecule has 0 aliphatic carbocycles. The molecule has 0 fully saturated rings. The van der Waals surface area contributed by atoms with E-state index in [1.807, 2.05) is 66.9 Å². The Balaban J connectivity index is 1.54. The Morgan fingerprint density at radius 2 is 1.55 bits per heavy atom. The molecule has 0 unspecified atom stereocenters. The van der Waals surface area contributed by atoms with Crippen LogP contribution in [0.5, 0.6) is 17.2 Å². The number of nitrogens with zero attached hydrogens (tertiary/aromatic N) is 3. The molecular formula is C29H31N5O5S. The van der Waals surface area contributed by atoms with Crippen molar-refractivity contribution in [2.24, 2.45) is 0 Å². The van der Waals surface area contributed by atoms with Crippen LogP contribution in [0.25, 0.3) is 5.69 Å². The lowest BCUT2D eigenvalue weighted by atomic mass is 10.1. The number of carbonyl (C=O) groups is 2. The lowest BCUT2D eigenvalue weighted by Crippen LogP contribution is -2.25. The third kappa shape index (κ3) is 6.73. The van der Waals surface area contributed by atoms with Crippen molar-refractivity contribution in [1.82, 2.24) is 20.1 Å². The summed E-state index contributed by atoms with van der Waals surface area (Å²) in [5, 5.41) is 15.0. The summed E-state index contributed by atoms with van der Waals surface area (Å²) < 4.78 is 17.9. The molecular weight excluding hydrogens is 530 g/mol. The van der Waals surface area contributed by atoms with Crippen LogP contribution in [0.3, 0.4) is 0 Å². The Morgan fingerprint density at radius 1 is 0.875 bits per heavy atom. The molecule has 11 heteroatoms. The summed E-state index contributed by atoms with van der Waals surface area (Å²) in [6, 6.07) is 18.6. The quantitative estimate of drug-likeness (QED) is 0.256. The van der Waals surface area contributed by atoms with Crippen LogP contribution < -0.4 is 24.8 Å². The van der Waals surface area contributed by atoms with Gasteiger partial charge in [-0.25, -0.2) is 0 Å². The monoisotopic (exact) mass is 561 g/mol. The van der Waals surface area contributed by atoms with Crippen molar-refractivity contribution in [2.45, 2.75) is 25.5 Å². The number of rotatable bonds is 11. The normalized spacial score (nSPS) is 10.6. The second-order valence-electron chi connectivity index (χ2n) is 8.88. The first-order chi connectivity index (χ1) is 19.3. The van der Waals surface area contributed by atoms with Crippen molar-refractivity contribution in [1.29, 1.82) is 0 Å². The van der Waals surface area contributed by atoms with Gasteiger partial charge in [0.1, 0.15) is 0 Å². The highest BCUT2D eigenvalue weighted by atomic mass is 32.2. The van der Waals surface area contributed by atoms with Crippen LogP contribution in [0.4, 0.5) is 5.69 Å². The molecule has 40 heavy (non-hydrogen) atoms. The minimum absolute atomic E-state index is 0.0898. The van der Waals surface area contributed by atoms with Crippen molar-refractivity contribution in [3.05, 3.63) is 83.2 Å². The Labute approximate surface area is 237 Å². The van der Waals surface area contributed by atoms with Gasteiger partial charge < -0.3 is 24.8 Å². The lowest BCUT2D eigenvalue weighted by Gasteiger charge is -2.14. The maximum Gasteiger partial charge on any atom is 0.251 e. The summed E-state index contributed by atoms with van der Waals surface area (Å²) in [6.45, 7) is 4.05. The number of methoxy groups -OCH3 is 3. The van der Waals surface area contributed by atoms with Gasteiger partial charge >= 0.3 is 0 Å². The smallest absolute Gasteiger partial charge is 0.251 e. The van der Waals surface area contributed by atoms with Crippen molar-refractivity contribution >= 4 is 29.3 Å². The first-order valence-corrected chi connectivity index (χ1v) is 13.4. The molecule has 4 aromatic rings. The standard InChI is InChI=1S/C29H31N5O5S/c1-18-8-6-10-21(12-18)31-26(35)17-40-29-33-32-25(34(29)22-11-7-9-19(2)13-22)16-30-28(36)20-14-23(37-3)27(39-5)24(15-20)38-4/h6-15H,16-17H2,1-5H3,(H,30,36)(H,31,35). The highest BCUT2D eigenvalue weighted by Crippen LogP contribution is 2.38. The highest BCUT2D eigenvalue weighted by Gasteiger charge is 2.20. The predicted octanol–water partition coefficient (Wildman–Crippen LogP) is 4.57. The lowest BCUT2D eigenvalue weighted by molar-refractivity contribution is -0.113. The van der Waals surface area contributed by atoms with Gasteiger partial charge in [0.05, 0.1) is 33.6 Å². The Morgan fingerprint density at radius 3 is 2.17 bits per heavy atom. The van der Waals surface area contributed by atoms with Crippen molar-refractivity contribution in [3.63, 3.8) is 0 Å². The van der Waals surface area contributed by atoms with Gasteiger partial charge in [0.2, 0.25) is 11.7 Å². The minimum Gasteiger partial charge on any atom is -0.493 e. The van der Waals surface area contributed by atoms with E-state index in [2.05, 4.69) is 20.8 Å². The van der Waals surface area contributed by atoms with E-state index in [1.165, 1.54) is 33.1 Å². The fourth-order valence-electron chi connectivity index (χ4n) is 4.06. The van der Waals surface area contributed by atoms with Crippen LogP contribution in [-0.2, 0) is 11.3 Å². The summed E-state index contributed by atoms with van der Waals surface area (Å²) in [5.74, 6) is 1.27. The molecule has 0 spiro atoms. The molecule has 10 nitrogen and oxygen atoms in total. The number of hydrogen-bond donors (Lipinski definition) is 2. The number of aryl methyl sites for hydroxylation is 2. The molecule has 0 saturated carbocycles. The van der Waals surface area contributed by atoms with E-state index in [9.17, 15) is 9.59 Å². The number of nitrogens with one attached hydrogen (secondary N) is 2. The summed E-state index contributed by atoms with van der Waals surface area (Å²) in [7, 11) is 4.48. The molecule has 2 N–H and O–H groups in total. The number of carbonyl (C=O) groups excluding carboxylic acids is 2. The van der Waals surface area contributed by atoms with E-state index < -0.39 is 0 Å². The van der Waals surface area contributed by atoms with Crippen molar-refractivity contribution in [3.8, 4) is 22.9 Å². The molecule has 208 valence electrons. The van der Waals surface area contributed by atoms with Gasteiger partial charge in [0, 0.05) is 16.9 Å². The number of thioether (sulfide) groups is 1. The van der Waals surface area contributed by atoms with Gasteiger partial charge in [-0.1, -0.05) is 36.0 Å². The molecule has 1 aromatic heterocycles. The zero-order chi connectivity index (χ0) is 28.6. The second-order valence-corrected chi connectivity index (χ2v) is 9.82. The van der Waals surface area contributed by atoms with Gasteiger partial charge in [0.25, 0.3) is 5.91 Å². The first-order valence-electron chi connectivity index (χ1n) is 12.4. The predicted molar refractivity (Wildman–Crippen MR) is 154 cm³/mol. The highest BCUT2D eigenvalue weighted by molar-refractivity contribution is 7.99. The van der Waals surface area contributed by atoms with Crippen molar-refractivity contribution in [2.75, 3.05) is 32.4 Å². The first kappa shape index (κ1) is 28.5. The van der Waals surface area contributed by atoms with E-state index in [0.29, 0.717) is 33.8 Å². The Hall–Kier alpha value is -4.51. The maximum atomic E-state index is 13.1. The van der Waals surface area contributed by atoms with E-state index >= 15 is 0 Å². The molecule has 0 atom stereocenters. The molecule has 0 aliphatic heterocycles. The largest absolute Gasteiger partial charge is 0.493 e. The maximum absolute atomic E-state index is 13.1. The molecule has 2 amide bonds. The van der Waals surface area contributed by atoms with Gasteiger partial charge in [-0.2, -0.15) is 0 Å². The fraction of sp³-hybridized carbons (Fsp3) is 0.241. The van der Waals surface area contributed by atoms with Crippen molar-refractivity contribution < 1.29 is 23.8 Å². The molecule has 3 aromatic carbocycles. The van der Waals surface area contributed by atoms with Crippen LogP contribution in [0.15, 0.2) is 65.8 Å². The summed E-state index contributed by atoms with van der Waals surface area (Å²) >= 11 is 1.26. The topological polar surface area (TPSA) is 117 Å². The van der Waals surface area contributed by atoms with Crippen LogP contribution in [0.2, 0.25) is 0 Å². The number of anilines is 1. The van der Waals surface area contributed by atoms with Gasteiger partial charge in [0.15, 0.2) is 22.5 Å². The zero-order valence-electron chi connectivity index (χ0n) is 23.0. The molecule has 0 radical (unpaired) electrons. The molecule has 0 saturated heterocycles. The number of ether oxygens (including phenoxy) is 3. The van der Waals surface area contributed by atoms with E-state index in [-0.39, 0.29) is 24.1 Å². The second kappa shape index (κ2) is 13.0. The number of hydrogen-bond acceptors (Lipinski definition) is 8. The number of benzene rings is 3. The molecule has 4 rings (SSSR count). The third-order valence-electron chi connectivity index (χ3n) is 5.93. The molecule has 0 aliphatic rings. The number of amides is 2. The van der Waals surface area contributed by atoms with Crippen LogP contribution in [-0.4, -0.2) is 53.7 Å². The van der Waals surface area contributed by atoms with Crippen LogP contribution >= 0.6 is 11.8 Å². The van der Waals surface area contributed by atoms with Gasteiger partial charge in [-0.15, -0.1) is 10.2 Å². The summed E-state index contributed by atoms with van der Waals surface area (Å²) in [6.07, 6.45) is 0. The minimum atomic E-state index is -0.357. The third-order valence-corrected chi connectivity index (χ3v) is 6.86. The van der Waals surface area contributed by atoms with E-state index in [4.69, 9.17) is 14.2 Å². The van der Waals surface area contributed by atoms with E-state index in [1.54, 1.807) is 12.1 Å². The fourth-order valence-corrected chi connectivity index (χ4v) is 4.83. The Kier molecular flexibility index (Phi) is 9.28. The summed E-state index contributed by atoms with van der Waals surface area (Å²) in [4.78, 5) is 25.7.